The second-order valence-corrected chi connectivity index (χ2v) is 4.08. The maximum absolute atomic E-state index is 10.7. The van der Waals surface area contributed by atoms with Gasteiger partial charge in [-0.1, -0.05) is 24.8 Å². The van der Waals surface area contributed by atoms with E-state index in [1.54, 1.807) is 0 Å². The summed E-state index contributed by atoms with van der Waals surface area (Å²) < 4.78 is 5.60. The van der Waals surface area contributed by atoms with Gasteiger partial charge >= 0.3 is 5.97 Å². The van der Waals surface area contributed by atoms with E-state index >= 15 is 0 Å². The molecule has 0 aliphatic carbocycles. The van der Waals surface area contributed by atoms with Crippen LogP contribution in [0.1, 0.15) is 5.56 Å². The van der Waals surface area contributed by atoms with Crippen LogP contribution in [0.3, 0.4) is 0 Å². The van der Waals surface area contributed by atoms with Gasteiger partial charge in [-0.05, 0) is 6.07 Å². The highest BCUT2D eigenvalue weighted by molar-refractivity contribution is 5.86. The molecular weight excluding hydrogens is 218 g/mol. The Hall–Kier alpha value is -1.81. The minimum Gasteiger partial charge on any atom is -0.492 e. The molecule has 4 heteroatoms. The van der Waals surface area contributed by atoms with E-state index in [0.717, 1.165) is 11.3 Å². The van der Waals surface area contributed by atoms with Crippen LogP contribution in [-0.4, -0.2) is 35.7 Å². The molecule has 4 nitrogen and oxygen atoms in total. The topological polar surface area (TPSA) is 49.8 Å². The molecule has 0 unspecified atom stereocenters. The Morgan fingerprint density at radius 3 is 3.00 bits per heavy atom. The number of nitrogens with zero attached hydrogens (tertiary/aromatic N) is 1. The van der Waals surface area contributed by atoms with Crippen molar-refractivity contribution in [3.05, 3.63) is 42.0 Å². The average molecular weight is 233 g/mol. The Labute approximate surface area is 100 Å². The van der Waals surface area contributed by atoms with Crippen molar-refractivity contribution in [2.24, 2.45) is 0 Å². The van der Waals surface area contributed by atoms with Gasteiger partial charge in [0.05, 0.1) is 0 Å². The van der Waals surface area contributed by atoms with Gasteiger partial charge in [0.25, 0.3) is 0 Å². The second-order valence-electron chi connectivity index (χ2n) is 4.08. The van der Waals surface area contributed by atoms with Crippen LogP contribution < -0.4 is 4.74 Å². The lowest BCUT2D eigenvalue weighted by Gasteiger charge is -2.18. The van der Waals surface area contributed by atoms with Crippen LogP contribution in [0.4, 0.5) is 0 Å². The Bertz CT molecular complexity index is 442. The smallest absolute Gasteiger partial charge is 0.332 e. The third kappa shape index (κ3) is 2.85. The number of hydrogen-bond donors (Lipinski definition) is 1. The zero-order valence-corrected chi connectivity index (χ0v) is 9.56. The van der Waals surface area contributed by atoms with Crippen molar-refractivity contribution in [1.82, 2.24) is 4.90 Å². The number of ether oxygens (including phenoxy) is 1. The van der Waals surface area contributed by atoms with E-state index < -0.39 is 5.97 Å². The van der Waals surface area contributed by atoms with Gasteiger partial charge in [-0.2, -0.15) is 0 Å². The quantitative estimate of drug-likeness (QED) is 0.804. The van der Waals surface area contributed by atoms with Gasteiger partial charge in [0, 0.05) is 30.8 Å². The number of carboxylic acids is 1. The largest absolute Gasteiger partial charge is 0.492 e. The van der Waals surface area contributed by atoms with Gasteiger partial charge in [0.1, 0.15) is 12.4 Å². The highest BCUT2D eigenvalue weighted by Gasteiger charge is 2.17. The molecule has 1 aliphatic heterocycles. The first-order valence-corrected chi connectivity index (χ1v) is 5.51. The minimum atomic E-state index is -0.941. The normalized spacial score (nSPS) is 15.5. The molecule has 0 spiro atoms. The second kappa shape index (κ2) is 5.01. The molecule has 1 N–H and O–H groups in total. The number of carbonyl (C=O) groups is 1. The summed E-state index contributed by atoms with van der Waals surface area (Å²) in [6, 6.07) is 7.82. The first-order chi connectivity index (χ1) is 8.16. The number of benzene rings is 1. The van der Waals surface area contributed by atoms with E-state index in [9.17, 15) is 4.79 Å². The van der Waals surface area contributed by atoms with Gasteiger partial charge in [0.15, 0.2) is 0 Å². The Morgan fingerprint density at radius 1 is 1.47 bits per heavy atom. The van der Waals surface area contributed by atoms with Gasteiger partial charge < -0.3 is 9.84 Å². The summed E-state index contributed by atoms with van der Waals surface area (Å²) >= 11 is 0. The lowest BCUT2D eigenvalue weighted by Crippen LogP contribution is -2.29. The van der Waals surface area contributed by atoms with Crippen LogP contribution in [0, 0.1) is 0 Å². The number of hydrogen-bond acceptors (Lipinski definition) is 3. The van der Waals surface area contributed by atoms with Crippen molar-refractivity contribution >= 4 is 5.97 Å². The molecule has 1 aliphatic rings. The number of aliphatic carboxylic acids is 1. The molecule has 1 aromatic carbocycles. The molecule has 0 radical (unpaired) electrons. The molecule has 0 saturated heterocycles. The zero-order valence-electron chi connectivity index (χ0n) is 9.56. The summed E-state index contributed by atoms with van der Waals surface area (Å²) in [5, 5.41) is 8.82. The molecule has 90 valence electrons. The van der Waals surface area contributed by atoms with E-state index in [1.807, 2.05) is 29.2 Å². The molecule has 2 rings (SSSR count). The van der Waals surface area contributed by atoms with Crippen molar-refractivity contribution < 1.29 is 14.6 Å². The minimum absolute atomic E-state index is 0.212. The van der Waals surface area contributed by atoms with Crippen LogP contribution in [0.25, 0.3) is 0 Å². The highest BCUT2D eigenvalue weighted by Crippen LogP contribution is 2.22. The van der Waals surface area contributed by atoms with Crippen LogP contribution in [0.2, 0.25) is 0 Å². The first kappa shape index (κ1) is 11.7. The summed E-state index contributed by atoms with van der Waals surface area (Å²) in [4.78, 5) is 12.8. The summed E-state index contributed by atoms with van der Waals surface area (Å²) in [5.41, 5.74) is 1.30. The molecule has 1 heterocycles. The molecule has 0 bridgehead atoms. The van der Waals surface area contributed by atoms with Crippen LogP contribution >= 0.6 is 0 Å². The Morgan fingerprint density at radius 2 is 2.24 bits per heavy atom. The van der Waals surface area contributed by atoms with E-state index in [4.69, 9.17) is 9.84 Å². The van der Waals surface area contributed by atoms with Gasteiger partial charge in [-0.3, -0.25) is 4.90 Å². The zero-order chi connectivity index (χ0) is 12.3. The van der Waals surface area contributed by atoms with Crippen molar-refractivity contribution in [3.63, 3.8) is 0 Å². The third-order valence-electron chi connectivity index (χ3n) is 2.75. The number of carboxylic acid groups (broad SMARTS) is 1. The van der Waals surface area contributed by atoms with Crippen LogP contribution in [-0.2, 0) is 11.3 Å². The number of para-hydroxylation sites is 1. The summed E-state index contributed by atoms with van der Waals surface area (Å²) in [7, 11) is 0. The van der Waals surface area contributed by atoms with Crippen molar-refractivity contribution in [1.29, 1.82) is 0 Å². The standard InChI is InChI=1S/C13H15NO3/c1-10(13(15)16)8-14-6-7-17-12-5-3-2-4-11(12)9-14/h2-5H,1,6-9H2,(H,15,16). The predicted molar refractivity (Wildman–Crippen MR) is 64.0 cm³/mol. The Balaban J connectivity index is 2.08. The fraction of sp³-hybridized carbons (Fsp3) is 0.308. The average Bonchev–Trinajstić information content (AvgIpc) is 2.50. The fourth-order valence-corrected chi connectivity index (χ4v) is 1.85. The van der Waals surface area contributed by atoms with Gasteiger partial charge in [-0.25, -0.2) is 4.79 Å². The lowest BCUT2D eigenvalue weighted by atomic mass is 10.2. The maximum Gasteiger partial charge on any atom is 0.332 e. The van der Waals surface area contributed by atoms with E-state index in [2.05, 4.69) is 6.58 Å². The van der Waals surface area contributed by atoms with E-state index in [1.165, 1.54) is 0 Å². The van der Waals surface area contributed by atoms with Crippen molar-refractivity contribution in [2.45, 2.75) is 6.54 Å². The SMILES string of the molecule is C=C(CN1CCOc2ccccc2C1)C(=O)O. The molecule has 17 heavy (non-hydrogen) atoms. The molecule has 0 saturated carbocycles. The lowest BCUT2D eigenvalue weighted by molar-refractivity contribution is -0.132. The van der Waals surface area contributed by atoms with Crippen molar-refractivity contribution in [2.75, 3.05) is 19.7 Å². The summed E-state index contributed by atoms with van der Waals surface area (Å²) in [5.74, 6) is -0.0561. The fourth-order valence-electron chi connectivity index (χ4n) is 1.85. The highest BCUT2D eigenvalue weighted by atomic mass is 16.5. The third-order valence-corrected chi connectivity index (χ3v) is 2.75. The van der Waals surface area contributed by atoms with E-state index in [-0.39, 0.29) is 5.57 Å². The number of rotatable bonds is 3. The molecule has 1 aromatic rings. The first-order valence-electron chi connectivity index (χ1n) is 5.51. The molecule has 0 atom stereocenters. The van der Waals surface area contributed by atoms with Crippen molar-refractivity contribution in [3.8, 4) is 5.75 Å². The molecule has 0 amide bonds. The predicted octanol–water partition coefficient (Wildman–Crippen LogP) is 1.52. The van der Waals surface area contributed by atoms with E-state index in [0.29, 0.717) is 26.2 Å². The summed E-state index contributed by atoms with van der Waals surface area (Å²) in [6.07, 6.45) is 0. The monoisotopic (exact) mass is 233 g/mol. The molecular formula is C13H15NO3. The molecule has 0 fully saturated rings. The van der Waals surface area contributed by atoms with Crippen LogP contribution in [0.15, 0.2) is 36.4 Å². The number of fused-ring (bicyclic) bond motifs is 1. The maximum atomic E-state index is 10.7. The van der Waals surface area contributed by atoms with Gasteiger partial charge in [-0.15, -0.1) is 0 Å². The van der Waals surface area contributed by atoms with Crippen LogP contribution in [0.5, 0.6) is 5.75 Å². The Kier molecular flexibility index (Phi) is 3.44. The molecule has 0 aromatic heterocycles. The van der Waals surface area contributed by atoms with Gasteiger partial charge in [0.2, 0.25) is 0 Å². The summed E-state index contributed by atoms with van der Waals surface area (Å²) in [6.45, 7) is 5.90.